The predicted molar refractivity (Wildman–Crippen MR) is 97.9 cm³/mol. The number of hydrogen-bond acceptors (Lipinski definition) is 5. The molecule has 1 aromatic heterocycles. The van der Waals surface area contributed by atoms with Crippen LogP contribution in [0.25, 0.3) is 0 Å². The van der Waals surface area contributed by atoms with Crippen LogP contribution in [0.5, 0.6) is 5.75 Å². The van der Waals surface area contributed by atoms with Crippen LogP contribution in [0.15, 0.2) is 30.3 Å². The van der Waals surface area contributed by atoms with Gasteiger partial charge in [0.15, 0.2) is 5.69 Å². The van der Waals surface area contributed by atoms with Crippen LogP contribution < -0.4 is 15.4 Å². The first-order valence-corrected chi connectivity index (χ1v) is 9.04. The molecule has 0 aliphatic heterocycles. The zero-order valence-corrected chi connectivity index (χ0v) is 15.1. The van der Waals surface area contributed by atoms with E-state index in [4.69, 9.17) is 4.74 Å². The third-order valence-electron chi connectivity index (χ3n) is 4.61. The van der Waals surface area contributed by atoms with Gasteiger partial charge in [0, 0.05) is 24.2 Å². The highest BCUT2D eigenvalue weighted by Gasteiger charge is 2.34. The Morgan fingerprint density at radius 3 is 2.56 bits per heavy atom. The van der Waals surface area contributed by atoms with Gasteiger partial charge in [-0.2, -0.15) is 18.2 Å². The first-order chi connectivity index (χ1) is 13.0. The first-order valence-electron chi connectivity index (χ1n) is 9.04. The number of hydrogen-bond donors (Lipinski definition) is 2. The van der Waals surface area contributed by atoms with E-state index in [1.807, 2.05) is 18.2 Å². The number of ether oxygens (including phenoxy) is 1. The molecule has 1 heterocycles. The Balaban J connectivity index is 1.79. The van der Waals surface area contributed by atoms with Gasteiger partial charge in [-0.25, -0.2) is 4.98 Å². The summed E-state index contributed by atoms with van der Waals surface area (Å²) in [4.78, 5) is 7.91. The van der Waals surface area contributed by atoms with Crippen molar-refractivity contribution < 1.29 is 17.9 Å². The highest BCUT2D eigenvalue weighted by atomic mass is 19.4. The van der Waals surface area contributed by atoms with Gasteiger partial charge in [-0.15, -0.1) is 0 Å². The van der Waals surface area contributed by atoms with Crippen molar-refractivity contribution in [3.63, 3.8) is 0 Å². The maximum atomic E-state index is 13.2. The molecule has 2 N–H and O–H groups in total. The molecule has 8 heteroatoms. The molecule has 3 rings (SSSR count). The third kappa shape index (κ3) is 5.24. The second-order valence-corrected chi connectivity index (χ2v) is 6.60. The molecule has 146 valence electrons. The molecule has 0 amide bonds. The third-order valence-corrected chi connectivity index (χ3v) is 4.61. The van der Waals surface area contributed by atoms with Crippen LogP contribution in [0.2, 0.25) is 0 Å². The fraction of sp³-hybridized carbons (Fsp3) is 0.474. The summed E-state index contributed by atoms with van der Waals surface area (Å²) >= 11 is 0. The van der Waals surface area contributed by atoms with Crippen LogP contribution in [-0.4, -0.2) is 23.1 Å². The fourth-order valence-electron chi connectivity index (χ4n) is 3.21. The van der Waals surface area contributed by atoms with E-state index < -0.39 is 11.9 Å². The fourth-order valence-corrected chi connectivity index (χ4v) is 3.21. The standard InChI is InChI=1S/C19H23F3N4O/c1-27-15-10-6-5-7-13(15)12-23-17-11-16(19(20,21)22)25-18(26-17)24-14-8-3-2-4-9-14/h5-7,10-11,14H,2-4,8-9,12H2,1H3,(H2,23,24,25,26). The van der Waals surface area contributed by atoms with Gasteiger partial charge < -0.3 is 15.4 Å². The molecule has 1 saturated carbocycles. The minimum absolute atomic E-state index is 0.0132. The summed E-state index contributed by atoms with van der Waals surface area (Å²) in [7, 11) is 1.55. The molecule has 0 spiro atoms. The lowest BCUT2D eigenvalue weighted by atomic mass is 9.96. The lowest BCUT2D eigenvalue weighted by Gasteiger charge is -2.23. The smallest absolute Gasteiger partial charge is 0.433 e. The van der Waals surface area contributed by atoms with Crippen molar-refractivity contribution in [1.29, 1.82) is 0 Å². The van der Waals surface area contributed by atoms with Crippen molar-refractivity contribution in [3.8, 4) is 5.75 Å². The summed E-state index contributed by atoms with van der Waals surface area (Å²) < 4.78 is 45.0. The van der Waals surface area contributed by atoms with E-state index in [0.717, 1.165) is 43.7 Å². The lowest BCUT2D eigenvalue weighted by molar-refractivity contribution is -0.141. The van der Waals surface area contributed by atoms with Gasteiger partial charge in [0.1, 0.15) is 11.6 Å². The molecule has 0 radical (unpaired) electrons. The number of halogens is 3. The van der Waals surface area contributed by atoms with Crippen molar-refractivity contribution in [2.24, 2.45) is 0 Å². The van der Waals surface area contributed by atoms with Crippen LogP contribution >= 0.6 is 0 Å². The highest BCUT2D eigenvalue weighted by Crippen LogP contribution is 2.30. The summed E-state index contributed by atoms with van der Waals surface area (Å²) in [6.07, 6.45) is 0.596. The molecule has 27 heavy (non-hydrogen) atoms. The number of methoxy groups -OCH3 is 1. The van der Waals surface area contributed by atoms with Gasteiger partial charge in [-0.05, 0) is 18.9 Å². The van der Waals surface area contributed by atoms with E-state index in [-0.39, 0.29) is 17.8 Å². The Kier molecular flexibility index (Phi) is 6.03. The van der Waals surface area contributed by atoms with Crippen molar-refractivity contribution in [2.75, 3.05) is 17.7 Å². The van der Waals surface area contributed by atoms with Gasteiger partial charge in [0.05, 0.1) is 7.11 Å². The molecule has 0 saturated heterocycles. The van der Waals surface area contributed by atoms with Crippen LogP contribution in [-0.2, 0) is 12.7 Å². The molecule has 0 atom stereocenters. The Labute approximate surface area is 156 Å². The van der Waals surface area contributed by atoms with E-state index in [1.165, 1.54) is 0 Å². The van der Waals surface area contributed by atoms with Crippen molar-refractivity contribution in [3.05, 3.63) is 41.6 Å². The Morgan fingerprint density at radius 2 is 1.85 bits per heavy atom. The SMILES string of the molecule is COc1ccccc1CNc1cc(C(F)(F)F)nc(NC2CCCCC2)n1. The number of nitrogens with zero attached hydrogens (tertiary/aromatic N) is 2. The van der Waals surface area contributed by atoms with Crippen LogP contribution in [0, 0.1) is 0 Å². The zero-order valence-electron chi connectivity index (χ0n) is 15.1. The van der Waals surface area contributed by atoms with Gasteiger partial charge >= 0.3 is 6.18 Å². The van der Waals surface area contributed by atoms with Gasteiger partial charge in [-0.3, -0.25) is 0 Å². The second kappa shape index (κ2) is 8.45. The molecule has 2 aromatic rings. The minimum Gasteiger partial charge on any atom is -0.496 e. The van der Waals surface area contributed by atoms with Crippen molar-refractivity contribution in [2.45, 2.75) is 50.9 Å². The molecule has 1 aromatic carbocycles. The maximum Gasteiger partial charge on any atom is 0.433 e. The van der Waals surface area contributed by atoms with E-state index >= 15 is 0 Å². The molecule has 0 unspecified atom stereocenters. The molecule has 1 aliphatic carbocycles. The molecule has 1 aliphatic rings. The Morgan fingerprint density at radius 1 is 1.11 bits per heavy atom. The summed E-state index contributed by atoms with van der Waals surface area (Å²) in [5, 5.41) is 6.02. The predicted octanol–water partition coefficient (Wildman–Crippen LogP) is 4.86. The molecular formula is C19H23F3N4O. The van der Waals surface area contributed by atoms with Gasteiger partial charge in [0.2, 0.25) is 5.95 Å². The van der Waals surface area contributed by atoms with Crippen molar-refractivity contribution in [1.82, 2.24) is 9.97 Å². The Bertz CT molecular complexity index is 761. The highest BCUT2D eigenvalue weighted by molar-refractivity contribution is 5.45. The summed E-state index contributed by atoms with van der Waals surface area (Å²) in [5.74, 6) is 0.802. The van der Waals surface area contributed by atoms with E-state index in [2.05, 4.69) is 20.6 Å². The monoisotopic (exact) mass is 380 g/mol. The largest absolute Gasteiger partial charge is 0.496 e. The number of anilines is 2. The minimum atomic E-state index is -4.53. The molecule has 0 bridgehead atoms. The number of nitrogens with one attached hydrogen (secondary N) is 2. The van der Waals surface area contributed by atoms with Gasteiger partial charge in [0.25, 0.3) is 0 Å². The number of rotatable bonds is 6. The van der Waals surface area contributed by atoms with Crippen LogP contribution in [0.3, 0.4) is 0 Å². The van der Waals surface area contributed by atoms with E-state index in [9.17, 15) is 13.2 Å². The second-order valence-electron chi connectivity index (χ2n) is 6.60. The van der Waals surface area contributed by atoms with Crippen molar-refractivity contribution >= 4 is 11.8 Å². The number of para-hydroxylation sites is 1. The van der Waals surface area contributed by atoms with Crippen LogP contribution in [0.4, 0.5) is 24.9 Å². The lowest BCUT2D eigenvalue weighted by Crippen LogP contribution is -2.24. The summed E-state index contributed by atoms with van der Waals surface area (Å²) in [6, 6.07) is 8.37. The molecular weight excluding hydrogens is 357 g/mol. The molecule has 1 fully saturated rings. The van der Waals surface area contributed by atoms with E-state index in [1.54, 1.807) is 13.2 Å². The molecule has 5 nitrogen and oxygen atoms in total. The van der Waals surface area contributed by atoms with Crippen LogP contribution in [0.1, 0.15) is 43.4 Å². The maximum absolute atomic E-state index is 13.2. The summed E-state index contributed by atoms with van der Waals surface area (Å²) in [6.45, 7) is 0.293. The zero-order chi connectivity index (χ0) is 19.3. The van der Waals surface area contributed by atoms with Gasteiger partial charge in [-0.1, -0.05) is 37.5 Å². The Hall–Kier alpha value is -2.51. The number of alkyl halides is 3. The number of benzene rings is 1. The number of aromatic nitrogens is 2. The average molecular weight is 380 g/mol. The quantitative estimate of drug-likeness (QED) is 0.749. The normalized spacial score (nSPS) is 15.4. The topological polar surface area (TPSA) is 59.1 Å². The van der Waals surface area contributed by atoms with E-state index in [0.29, 0.717) is 12.3 Å². The summed E-state index contributed by atoms with van der Waals surface area (Å²) in [5.41, 5.74) is -0.132. The first kappa shape index (κ1) is 19.3. The average Bonchev–Trinajstić information content (AvgIpc) is 2.66.